The van der Waals surface area contributed by atoms with Crippen LogP contribution in [0.3, 0.4) is 0 Å². The van der Waals surface area contributed by atoms with E-state index >= 15 is 0 Å². The summed E-state index contributed by atoms with van der Waals surface area (Å²) < 4.78 is 0. The number of benzene rings is 1. The highest BCUT2D eigenvalue weighted by molar-refractivity contribution is 6.04. The van der Waals surface area contributed by atoms with Gasteiger partial charge >= 0.3 is 5.97 Å². The van der Waals surface area contributed by atoms with Gasteiger partial charge in [0.1, 0.15) is 5.52 Å². The van der Waals surface area contributed by atoms with Crippen LogP contribution < -0.4 is 0 Å². The molecule has 0 aliphatic rings. The second-order valence-electron chi connectivity index (χ2n) is 3.76. The number of aryl methyl sites for hydroxylation is 3. The van der Waals surface area contributed by atoms with E-state index in [-0.39, 0.29) is 0 Å². The van der Waals surface area contributed by atoms with Crippen molar-refractivity contribution in [3.8, 4) is 0 Å². The molecular weight excluding hydrogens is 192 g/mol. The highest BCUT2D eigenvalue weighted by Gasteiger charge is 2.17. The van der Waals surface area contributed by atoms with Crippen molar-refractivity contribution in [1.82, 2.24) is 10.2 Å². The van der Waals surface area contributed by atoms with Crippen molar-refractivity contribution in [2.45, 2.75) is 20.8 Å². The molecule has 15 heavy (non-hydrogen) atoms. The first-order valence-corrected chi connectivity index (χ1v) is 4.70. The lowest BCUT2D eigenvalue weighted by atomic mass is 10.00. The van der Waals surface area contributed by atoms with E-state index in [1.807, 2.05) is 19.9 Å². The molecule has 0 unspecified atom stereocenters. The average molecular weight is 204 g/mol. The van der Waals surface area contributed by atoms with Gasteiger partial charge in [-0.05, 0) is 31.9 Å². The molecule has 2 aromatic rings. The van der Waals surface area contributed by atoms with Crippen LogP contribution in [0.1, 0.15) is 27.2 Å². The lowest BCUT2D eigenvalue weighted by Crippen LogP contribution is -2.01. The summed E-state index contributed by atoms with van der Waals surface area (Å²) in [5.74, 6) is -0.927. The van der Waals surface area contributed by atoms with E-state index in [2.05, 4.69) is 10.2 Å². The van der Waals surface area contributed by atoms with Gasteiger partial charge in [0.25, 0.3) is 0 Å². The Hall–Kier alpha value is -1.84. The molecule has 4 nitrogen and oxygen atoms in total. The van der Waals surface area contributed by atoms with Gasteiger partial charge in [0.05, 0.1) is 5.56 Å². The summed E-state index contributed by atoms with van der Waals surface area (Å²) in [6.45, 7) is 5.65. The molecule has 1 heterocycles. The van der Waals surface area contributed by atoms with E-state index in [1.54, 1.807) is 6.92 Å². The number of nitrogens with one attached hydrogen (secondary N) is 1. The first-order valence-electron chi connectivity index (χ1n) is 4.70. The molecule has 0 aliphatic carbocycles. The number of aromatic carboxylic acids is 1. The van der Waals surface area contributed by atoms with Crippen LogP contribution in [0, 0.1) is 20.8 Å². The Kier molecular flexibility index (Phi) is 2.00. The number of carbonyl (C=O) groups is 1. The van der Waals surface area contributed by atoms with E-state index in [0.29, 0.717) is 11.1 Å². The van der Waals surface area contributed by atoms with Gasteiger partial charge in [-0.3, -0.25) is 5.10 Å². The molecule has 0 aliphatic heterocycles. The van der Waals surface area contributed by atoms with Crippen LogP contribution in [0.25, 0.3) is 10.9 Å². The second-order valence-corrected chi connectivity index (χ2v) is 3.76. The first-order chi connectivity index (χ1) is 7.02. The van der Waals surface area contributed by atoms with Crippen molar-refractivity contribution in [2.75, 3.05) is 0 Å². The zero-order valence-electron chi connectivity index (χ0n) is 8.88. The van der Waals surface area contributed by atoms with Crippen molar-refractivity contribution < 1.29 is 9.90 Å². The Balaban J connectivity index is 2.97. The zero-order valence-corrected chi connectivity index (χ0v) is 8.88. The number of carboxylic acid groups (broad SMARTS) is 1. The van der Waals surface area contributed by atoms with Gasteiger partial charge in [-0.1, -0.05) is 6.07 Å². The normalized spacial score (nSPS) is 10.9. The predicted molar refractivity (Wildman–Crippen MR) is 57.3 cm³/mol. The van der Waals surface area contributed by atoms with E-state index < -0.39 is 5.97 Å². The summed E-state index contributed by atoms with van der Waals surface area (Å²) >= 11 is 0. The summed E-state index contributed by atoms with van der Waals surface area (Å²) in [6.07, 6.45) is 0. The number of fused-ring (bicyclic) bond motifs is 1. The molecule has 0 saturated carbocycles. The van der Waals surface area contributed by atoms with Crippen molar-refractivity contribution in [1.29, 1.82) is 0 Å². The summed E-state index contributed by atoms with van der Waals surface area (Å²) in [4.78, 5) is 11.1. The minimum Gasteiger partial charge on any atom is -0.478 e. The fourth-order valence-electron chi connectivity index (χ4n) is 2.02. The van der Waals surface area contributed by atoms with Crippen LogP contribution in [0.5, 0.6) is 0 Å². The molecule has 0 amide bonds. The molecule has 0 fully saturated rings. The molecule has 4 heteroatoms. The molecule has 0 atom stereocenters. The van der Waals surface area contributed by atoms with Crippen LogP contribution in [0.15, 0.2) is 6.07 Å². The van der Waals surface area contributed by atoms with E-state index in [9.17, 15) is 4.79 Å². The Morgan fingerprint density at radius 3 is 2.60 bits per heavy atom. The molecular formula is C11H12N2O2. The molecule has 2 rings (SSSR count). The largest absolute Gasteiger partial charge is 0.478 e. The monoisotopic (exact) mass is 204 g/mol. The van der Waals surface area contributed by atoms with Gasteiger partial charge in [0, 0.05) is 11.1 Å². The average Bonchev–Trinajstić information content (AvgIpc) is 2.47. The van der Waals surface area contributed by atoms with E-state index in [0.717, 1.165) is 22.2 Å². The fraction of sp³-hybridized carbons (Fsp3) is 0.273. The van der Waals surface area contributed by atoms with Crippen molar-refractivity contribution in [3.05, 3.63) is 28.5 Å². The van der Waals surface area contributed by atoms with Gasteiger partial charge < -0.3 is 5.11 Å². The third-order valence-electron chi connectivity index (χ3n) is 2.62. The minimum absolute atomic E-state index is 0.292. The SMILES string of the molecule is Cc1cc(C)c2c(C)[nH]nc2c1C(=O)O. The zero-order chi connectivity index (χ0) is 11.2. The van der Waals surface area contributed by atoms with Crippen LogP contribution in [-0.2, 0) is 0 Å². The quantitative estimate of drug-likeness (QED) is 0.748. The van der Waals surface area contributed by atoms with E-state index in [4.69, 9.17) is 5.11 Å². The molecule has 0 bridgehead atoms. The molecule has 0 radical (unpaired) electrons. The Bertz CT molecular complexity index is 555. The molecule has 2 N–H and O–H groups in total. The standard InChI is InChI=1S/C11H12N2O2/c1-5-4-6(2)9(11(14)15)10-8(5)7(3)12-13-10/h4H,1-3H3,(H,12,13)(H,14,15). The number of hydrogen-bond acceptors (Lipinski definition) is 2. The number of aromatic nitrogens is 2. The maximum Gasteiger partial charge on any atom is 0.338 e. The lowest BCUT2D eigenvalue weighted by molar-refractivity contribution is 0.0698. The number of H-pyrrole nitrogens is 1. The number of aromatic amines is 1. The van der Waals surface area contributed by atoms with Crippen molar-refractivity contribution in [3.63, 3.8) is 0 Å². The molecule has 78 valence electrons. The number of carboxylic acids is 1. The summed E-state index contributed by atoms with van der Waals surface area (Å²) in [5, 5.41) is 16.9. The smallest absolute Gasteiger partial charge is 0.338 e. The van der Waals surface area contributed by atoms with Crippen LogP contribution in [0.4, 0.5) is 0 Å². The third-order valence-corrected chi connectivity index (χ3v) is 2.62. The predicted octanol–water partition coefficient (Wildman–Crippen LogP) is 2.19. The third kappa shape index (κ3) is 1.29. The van der Waals surface area contributed by atoms with Crippen molar-refractivity contribution in [2.24, 2.45) is 0 Å². The number of hydrogen-bond donors (Lipinski definition) is 2. The molecule has 0 spiro atoms. The van der Waals surface area contributed by atoms with Crippen molar-refractivity contribution >= 4 is 16.9 Å². The van der Waals surface area contributed by atoms with Gasteiger partial charge in [0.2, 0.25) is 0 Å². The van der Waals surface area contributed by atoms with Gasteiger partial charge in [-0.2, -0.15) is 5.10 Å². The van der Waals surface area contributed by atoms with Gasteiger partial charge in [-0.15, -0.1) is 0 Å². The number of rotatable bonds is 1. The molecule has 1 aromatic heterocycles. The number of nitrogens with zero attached hydrogens (tertiary/aromatic N) is 1. The maximum atomic E-state index is 11.1. The lowest BCUT2D eigenvalue weighted by Gasteiger charge is -2.04. The van der Waals surface area contributed by atoms with Crippen LogP contribution in [-0.4, -0.2) is 21.3 Å². The fourth-order valence-corrected chi connectivity index (χ4v) is 2.02. The van der Waals surface area contributed by atoms with Gasteiger partial charge in [-0.25, -0.2) is 4.79 Å². The maximum absolute atomic E-state index is 11.1. The van der Waals surface area contributed by atoms with E-state index in [1.165, 1.54) is 0 Å². The Labute approximate surface area is 86.9 Å². The highest BCUT2D eigenvalue weighted by atomic mass is 16.4. The van der Waals surface area contributed by atoms with Crippen LogP contribution >= 0.6 is 0 Å². The Morgan fingerprint density at radius 1 is 1.33 bits per heavy atom. The molecule has 1 aromatic carbocycles. The summed E-state index contributed by atoms with van der Waals surface area (Å²) in [7, 11) is 0. The second kappa shape index (κ2) is 3.08. The topological polar surface area (TPSA) is 66.0 Å². The summed E-state index contributed by atoms with van der Waals surface area (Å²) in [5.41, 5.74) is 3.56. The van der Waals surface area contributed by atoms with Crippen LogP contribution in [0.2, 0.25) is 0 Å². The summed E-state index contributed by atoms with van der Waals surface area (Å²) in [6, 6.07) is 1.88. The van der Waals surface area contributed by atoms with Gasteiger partial charge in [0.15, 0.2) is 0 Å². The highest BCUT2D eigenvalue weighted by Crippen LogP contribution is 2.26. The first kappa shape index (κ1) is 9.71. The Morgan fingerprint density at radius 2 is 2.00 bits per heavy atom. The minimum atomic E-state index is -0.927. The molecule has 0 saturated heterocycles.